The number of ether oxygens (including phenoxy) is 4. The monoisotopic (exact) mass is 674 g/mol. The third-order valence-corrected chi connectivity index (χ3v) is 7.77. The van der Waals surface area contributed by atoms with E-state index in [-0.39, 0.29) is 22.3 Å². The molecule has 0 aliphatic carbocycles. The van der Waals surface area contributed by atoms with Crippen molar-refractivity contribution < 1.29 is 42.1 Å². The van der Waals surface area contributed by atoms with Gasteiger partial charge in [0.1, 0.15) is 41.5 Å². The normalized spacial score (nSPS) is 22.2. The summed E-state index contributed by atoms with van der Waals surface area (Å²) in [6, 6.07) is 2.65. The van der Waals surface area contributed by atoms with Gasteiger partial charge in [0.05, 0.1) is 15.7 Å². The van der Waals surface area contributed by atoms with Crippen LogP contribution in [0.5, 0.6) is 0 Å². The molecule has 1 aliphatic rings. The standard InChI is InChI=1S/C25H22BrClF2N4O7S/c1-11(34)37-10-20-23(38-12(2)35)22(33-9-19(31-32-33)14-4-17(28)21(26)18(29)5-14)24(39-13(3)36)25(40-20)41-16-6-15(27)7-30-8-16/h4-9,20,22-25H,10H2,1-3H3. The number of pyridine rings is 1. The van der Waals surface area contributed by atoms with Gasteiger partial charge in [-0.15, -0.1) is 5.10 Å². The van der Waals surface area contributed by atoms with Crippen LogP contribution in [0.1, 0.15) is 26.8 Å². The highest BCUT2D eigenvalue weighted by Gasteiger charge is 2.52. The highest BCUT2D eigenvalue weighted by atomic mass is 79.9. The molecule has 1 aliphatic heterocycles. The van der Waals surface area contributed by atoms with Gasteiger partial charge in [0.2, 0.25) is 0 Å². The lowest BCUT2D eigenvalue weighted by Gasteiger charge is -2.44. The molecule has 1 aromatic carbocycles. The summed E-state index contributed by atoms with van der Waals surface area (Å²) in [5.41, 5.74) is -0.835. The van der Waals surface area contributed by atoms with Crippen molar-refractivity contribution in [3.63, 3.8) is 0 Å². The van der Waals surface area contributed by atoms with Gasteiger partial charge in [-0.05, 0) is 34.1 Å². The Bertz CT molecular complexity index is 1440. The second-order valence-electron chi connectivity index (χ2n) is 8.78. The maximum Gasteiger partial charge on any atom is 0.303 e. The van der Waals surface area contributed by atoms with Crippen LogP contribution in [0, 0.1) is 11.6 Å². The van der Waals surface area contributed by atoms with Gasteiger partial charge in [-0.1, -0.05) is 28.6 Å². The van der Waals surface area contributed by atoms with Gasteiger partial charge in [0, 0.05) is 43.6 Å². The molecule has 5 atom stereocenters. The molecule has 2 aromatic heterocycles. The number of carbonyl (C=O) groups is 3. The summed E-state index contributed by atoms with van der Waals surface area (Å²) in [5, 5.41) is 8.51. The lowest BCUT2D eigenvalue weighted by atomic mass is 9.96. The quantitative estimate of drug-likeness (QED) is 0.190. The number of halogens is 4. The van der Waals surface area contributed by atoms with E-state index in [9.17, 15) is 23.2 Å². The average molecular weight is 676 g/mol. The first-order chi connectivity index (χ1) is 19.4. The number of nitrogens with zero attached hydrogens (tertiary/aromatic N) is 4. The molecular formula is C25H22BrClF2N4O7S. The van der Waals surface area contributed by atoms with Crippen LogP contribution in [0.3, 0.4) is 0 Å². The fraction of sp³-hybridized carbons (Fsp3) is 0.360. The third kappa shape index (κ3) is 7.58. The molecule has 1 saturated heterocycles. The molecule has 0 radical (unpaired) electrons. The first kappa shape index (κ1) is 30.8. The Labute approximate surface area is 249 Å². The van der Waals surface area contributed by atoms with E-state index in [0.717, 1.165) is 23.9 Å². The Morgan fingerprint density at radius 3 is 2.32 bits per heavy atom. The van der Waals surface area contributed by atoms with E-state index in [4.69, 9.17) is 30.5 Å². The van der Waals surface area contributed by atoms with Crippen LogP contribution in [0.15, 0.2) is 46.2 Å². The molecule has 3 aromatic rings. The van der Waals surface area contributed by atoms with E-state index < -0.39 is 59.3 Å². The van der Waals surface area contributed by atoms with Gasteiger partial charge >= 0.3 is 17.9 Å². The minimum absolute atomic E-state index is 0.0713. The molecule has 0 N–H and O–H groups in total. The lowest BCUT2D eigenvalue weighted by molar-refractivity contribution is -0.212. The summed E-state index contributed by atoms with van der Waals surface area (Å²) >= 11 is 10.0. The summed E-state index contributed by atoms with van der Waals surface area (Å²) < 4.78 is 52.1. The largest absolute Gasteiger partial charge is 0.463 e. The number of esters is 3. The third-order valence-electron chi connectivity index (χ3n) is 5.70. The SMILES string of the molecule is CC(=O)OCC1OC(Sc2cncc(Cl)c2)C(OC(C)=O)C(n2cc(-c3cc(F)c(Br)c(F)c3)nn2)C1OC(C)=O. The van der Waals surface area contributed by atoms with E-state index in [2.05, 4.69) is 31.2 Å². The Morgan fingerprint density at radius 1 is 1.05 bits per heavy atom. The van der Waals surface area contributed by atoms with Crippen LogP contribution in [-0.2, 0) is 33.3 Å². The van der Waals surface area contributed by atoms with Gasteiger partial charge < -0.3 is 18.9 Å². The maximum atomic E-state index is 14.3. The summed E-state index contributed by atoms with van der Waals surface area (Å²) in [7, 11) is 0. The second-order valence-corrected chi connectivity index (χ2v) is 11.2. The van der Waals surface area contributed by atoms with Crippen molar-refractivity contribution in [2.24, 2.45) is 0 Å². The summed E-state index contributed by atoms with van der Waals surface area (Å²) in [6.07, 6.45) is 0.880. The minimum Gasteiger partial charge on any atom is -0.463 e. The van der Waals surface area contributed by atoms with Crippen LogP contribution >= 0.6 is 39.3 Å². The Hall–Kier alpha value is -3.14. The lowest BCUT2D eigenvalue weighted by Crippen LogP contribution is -2.57. The summed E-state index contributed by atoms with van der Waals surface area (Å²) in [6.45, 7) is 3.23. The smallest absolute Gasteiger partial charge is 0.303 e. The van der Waals surface area contributed by atoms with Gasteiger partial charge in [0.15, 0.2) is 12.2 Å². The van der Waals surface area contributed by atoms with Crippen LogP contribution in [0.4, 0.5) is 8.78 Å². The number of aromatic nitrogens is 4. The van der Waals surface area contributed by atoms with Gasteiger partial charge in [-0.3, -0.25) is 19.4 Å². The molecule has 0 amide bonds. The summed E-state index contributed by atoms with van der Waals surface area (Å²) in [5.74, 6) is -3.72. The molecule has 0 bridgehead atoms. The molecule has 5 unspecified atom stereocenters. The van der Waals surface area contributed by atoms with Crippen LogP contribution in [0.2, 0.25) is 5.02 Å². The van der Waals surface area contributed by atoms with E-state index in [1.165, 1.54) is 44.0 Å². The first-order valence-corrected chi connectivity index (χ1v) is 13.9. The highest BCUT2D eigenvalue weighted by molar-refractivity contribution is 9.10. The molecular weight excluding hydrogens is 654 g/mol. The van der Waals surface area contributed by atoms with E-state index >= 15 is 0 Å². The van der Waals surface area contributed by atoms with Crippen molar-refractivity contribution in [1.82, 2.24) is 20.0 Å². The molecule has 218 valence electrons. The van der Waals surface area contributed by atoms with Crippen molar-refractivity contribution in [3.8, 4) is 11.3 Å². The fourth-order valence-electron chi connectivity index (χ4n) is 4.13. The van der Waals surface area contributed by atoms with E-state index in [1.807, 2.05) is 0 Å². The van der Waals surface area contributed by atoms with Crippen molar-refractivity contribution >= 4 is 57.2 Å². The minimum atomic E-state index is -1.21. The second kappa shape index (κ2) is 13.2. The number of hydrogen-bond donors (Lipinski definition) is 0. The molecule has 41 heavy (non-hydrogen) atoms. The van der Waals surface area contributed by atoms with Crippen molar-refractivity contribution in [3.05, 3.63) is 57.9 Å². The topological polar surface area (TPSA) is 132 Å². The number of hydrogen-bond acceptors (Lipinski definition) is 11. The Morgan fingerprint density at radius 2 is 1.71 bits per heavy atom. The Kier molecular flexibility index (Phi) is 9.94. The molecule has 0 saturated carbocycles. The van der Waals surface area contributed by atoms with Gasteiger partial charge in [-0.2, -0.15) is 0 Å². The fourth-order valence-corrected chi connectivity index (χ4v) is 5.73. The van der Waals surface area contributed by atoms with Crippen LogP contribution in [0.25, 0.3) is 11.3 Å². The number of benzene rings is 1. The number of thioether (sulfide) groups is 1. The summed E-state index contributed by atoms with van der Waals surface area (Å²) in [4.78, 5) is 40.7. The van der Waals surface area contributed by atoms with Crippen LogP contribution < -0.4 is 0 Å². The Balaban J connectivity index is 1.82. The molecule has 3 heterocycles. The van der Waals surface area contributed by atoms with Gasteiger partial charge in [-0.25, -0.2) is 13.5 Å². The van der Waals surface area contributed by atoms with Crippen molar-refractivity contribution in [2.75, 3.05) is 6.61 Å². The van der Waals surface area contributed by atoms with Crippen molar-refractivity contribution in [1.29, 1.82) is 0 Å². The molecule has 0 spiro atoms. The number of rotatable bonds is 8. The molecule has 11 nitrogen and oxygen atoms in total. The van der Waals surface area contributed by atoms with Crippen LogP contribution in [-0.4, -0.2) is 68.2 Å². The van der Waals surface area contributed by atoms with Crippen molar-refractivity contribution in [2.45, 2.75) is 55.5 Å². The number of carbonyl (C=O) groups excluding carboxylic acids is 3. The predicted molar refractivity (Wildman–Crippen MR) is 144 cm³/mol. The zero-order valence-corrected chi connectivity index (χ0v) is 24.8. The zero-order chi connectivity index (χ0) is 29.8. The highest BCUT2D eigenvalue weighted by Crippen LogP contribution is 2.41. The molecule has 16 heteroatoms. The van der Waals surface area contributed by atoms with E-state index in [1.54, 1.807) is 6.07 Å². The van der Waals surface area contributed by atoms with E-state index in [0.29, 0.717) is 9.92 Å². The molecule has 4 rings (SSSR count). The zero-order valence-electron chi connectivity index (χ0n) is 21.6. The average Bonchev–Trinajstić information content (AvgIpc) is 3.37. The van der Waals surface area contributed by atoms with Gasteiger partial charge in [0.25, 0.3) is 0 Å². The molecule has 1 fully saturated rings. The first-order valence-electron chi connectivity index (χ1n) is 11.9. The predicted octanol–water partition coefficient (Wildman–Crippen LogP) is 4.52. The maximum absolute atomic E-state index is 14.3.